The lowest BCUT2D eigenvalue weighted by atomic mass is 10.0. The fourth-order valence-electron chi connectivity index (χ4n) is 2.85. The Morgan fingerprint density at radius 2 is 2.08 bits per heavy atom. The van der Waals surface area contributed by atoms with Gasteiger partial charge in [0.2, 0.25) is 0 Å². The molecular weight excluding hydrogens is 310 g/mol. The number of ether oxygens (including phenoxy) is 1. The van der Waals surface area contributed by atoms with Gasteiger partial charge >= 0.3 is 0 Å². The molecule has 7 nitrogen and oxygen atoms in total. The SMILES string of the molecule is CCCOC1CC(CC(C)C)NN1C(=O)c1ccc([N+](=O)[O-])cc1. The van der Waals surface area contributed by atoms with E-state index in [1.807, 2.05) is 6.92 Å². The molecule has 1 aliphatic rings. The normalized spacial score (nSPS) is 20.6. The lowest BCUT2D eigenvalue weighted by Crippen LogP contribution is -2.45. The molecule has 0 spiro atoms. The van der Waals surface area contributed by atoms with Gasteiger partial charge < -0.3 is 4.74 Å². The molecule has 0 bridgehead atoms. The highest BCUT2D eigenvalue weighted by Crippen LogP contribution is 2.24. The predicted molar refractivity (Wildman–Crippen MR) is 90.3 cm³/mol. The molecule has 1 fully saturated rings. The highest BCUT2D eigenvalue weighted by molar-refractivity contribution is 5.94. The molecular formula is C17H25N3O4. The zero-order valence-electron chi connectivity index (χ0n) is 14.4. The van der Waals surface area contributed by atoms with Crippen LogP contribution in [-0.2, 0) is 4.74 Å². The van der Waals surface area contributed by atoms with E-state index in [9.17, 15) is 14.9 Å². The van der Waals surface area contributed by atoms with E-state index in [1.54, 1.807) is 0 Å². The number of carbonyl (C=O) groups excluding carboxylic acids is 1. The van der Waals surface area contributed by atoms with Crippen molar-refractivity contribution in [1.29, 1.82) is 0 Å². The van der Waals surface area contributed by atoms with Gasteiger partial charge in [-0.05, 0) is 30.9 Å². The zero-order chi connectivity index (χ0) is 17.7. The first-order valence-corrected chi connectivity index (χ1v) is 8.38. The van der Waals surface area contributed by atoms with E-state index >= 15 is 0 Å². The second-order valence-corrected chi connectivity index (χ2v) is 6.50. The molecule has 0 radical (unpaired) electrons. The second-order valence-electron chi connectivity index (χ2n) is 6.50. The van der Waals surface area contributed by atoms with Crippen molar-refractivity contribution in [1.82, 2.24) is 10.4 Å². The summed E-state index contributed by atoms with van der Waals surface area (Å²) in [6, 6.07) is 5.84. The van der Waals surface area contributed by atoms with E-state index in [-0.39, 0.29) is 23.9 Å². The van der Waals surface area contributed by atoms with Gasteiger partial charge in [-0.15, -0.1) is 0 Å². The van der Waals surface area contributed by atoms with Gasteiger partial charge in [0.25, 0.3) is 11.6 Å². The number of nitro benzene ring substituents is 1. The molecule has 1 heterocycles. The van der Waals surface area contributed by atoms with Crippen LogP contribution in [-0.4, -0.2) is 34.7 Å². The number of benzene rings is 1. The molecule has 0 aromatic heterocycles. The number of nitrogens with zero attached hydrogens (tertiary/aromatic N) is 2. The molecule has 2 rings (SSSR count). The summed E-state index contributed by atoms with van der Waals surface area (Å²) in [6.45, 7) is 6.90. The highest BCUT2D eigenvalue weighted by atomic mass is 16.6. The minimum Gasteiger partial charge on any atom is -0.357 e. The van der Waals surface area contributed by atoms with Crippen molar-refractivity contribution in [2.45, 2.75) is 52.3 Å². The molecule has 0 saturated carbocycles. The van der Waals surface area contributed by atoms with Gasteiger partial charge in [-0.1, -0.05) is 20.8 Å². The third kappa shape index (κ3) is 4.52. The topological polar surface area (TPSA) is 84.7 Å². The fraction of sp³-hybridized carbons (Fsp3) is 0.588. The first kappa shape index (κ1) is 18.4. The summed E-state index contributed by atoms with van der Waals surface area (Å²) >= 11 is 0. The number of non-ortho nitro benzene ring substituents is 1. The number of hydrazine groups is 1. The first-order valence-electron chi connectivity index (χ1n) is 8.38. The van der Waals surface area contributed by atoms with Crippen LogP contribution in [0.2, 0.25) is 0 Å². The van der Waals surface area contributed by atoms with Crippen LogP contribution in [0.1, 0.15) is 50.4 Å². The van der Waals surface area contributed by atoms with Gasteiger partial charge in [-0.2, -0.15) is 0 Å². The maximum Gasteiger partial charge on any atom is 0.270 e. The molecule has 7 heteroatoms. The average molecular weight is 335 g/mol. The summed E-state index contributed by atoms with van der Waals surface area (Å²) in [5.41, 5.74) is 3.62. The van der Waals surface area contributed by atoms with Crippen LogP contribution in [0.25, 0.3) is 0 Å². The predicted octanol–water partition coefficient (Wildman–Crippen LogP) is 3.11. The van der Waals surface area contributed by atoms with Crippen LogP contribution < -0.4 is 5.43 Å². The summed E-state index contributed by atoms with van der Waals surface area (Å²) in [4.78, 5) is 23.0. The maximum absolute atomic E-state index is 12.7. The van der Waals surface area contributed by atoms with Crippen LogP contribution in [0.4, 0.5) is 5.69 Å². The van der Waals surface area contributed by atoms with Gasteiger partial charge in [0, 0.05) is 36.8 Å². The molecule has 132 valence electrons. The Bertz CT molecular complexity index is 574. The smallest absolute Gasteiger partial charge is 0.270 e. The zero-order valence-corrected chi connectivity index (χ0v) is 14.4. The molecule has 1 aliphatic heterocycles. The van der Waals surface area contributed by atoms with E-state index in [1.165, 1.54) is 29.3 Å². The first-order chi connectivity index (χ1) is 11.4. The highest BCUT2D eigenvalue weighted by Gasteiger charge is 2.36. The van der Waals surface area contributed by atoms with Gasteiger partial charge in [0.1, 0.15) is 6.23 Å². The lowest BCUT2D eigenvalue weighted by molar-refractivity contribution is -0.384. The Hall–Kier alpha value is -1.99. The number of carbonyl (C=O) groups is 1. The molecule has 1 aromatic rings. The molecule has 1 amide bonds. The molecule has 1 N–H and O–H groups in total. The Morgan fingerprint density at radius 3 is 2.62 bits per heavy atom. The van der Waals surface area contributed by atoms with Crippen LogP contribution in [0, 0.1) is 16.0 Å². The fourth-order valence-corrected chi connectivity index (χ4v) is 2.85. The minimum absolute atomic E-state index is 0.0302. The van der Waals surface area contributed by atoms with Crippen molar-refractivity contribution in [2.75, 3.05) is 6.61 Å². The van der Waals surface area contributed by atoms with Gasteiger partial charge in [-0.25, -0.2) is 10.4 Å². The molecule has 2 atom stereocenters. The molecule has 0 aliphatic carbocycles. The van der Waals surface area contributed by atoms with Gasteiger partial charge in [0.05, 0.1) is 4.92 Å². The van der Waals surface area contributed by atoms with E-state index in [4.69, 9.17) is 4.74 Å². The van der Waals surface area contributed by atoms with Crippen LogP contribution in [0.5, 0.6) is 0 Å². The van der Waals surface area contributed by atoms with Crippen molar-refractivity contribution in [2.24, 2.45) is 5.92 Å². The van der Waals surface area contributed by atoms with Crippen molar-refractivity contribution in [3.05, 3.63) is 39.9 Å². The van der Waals surface area contributed by atoms with Gasteiger partial charge in [0.15, 0.2) is 0 Å². The second kappa shape index (κ2) is 8.21. The largest absolute Gasteiger partial charge is 0.357 e. The molecule has 2 unspecified atom stereocenters. The molecule has 24 heavy (non-hydrogen) atoms. The van der Waals surface area contributed by atoms with E-state index in [2.05, 4.69) is 19.3 Å². The average Bonchev–Trinajstić information content (AvgIpc) is 2.94. The van der Waals surface area contributed by atoms with E-state index in [0.717, 1.165) is 19.3 Å². The summed E-state index contributed by atoms with van der Waals surface area (Å²) in [5, 5.41) is 12.3. The number of hydrogen-bond acceptors (Lipinski definition) is 5. The Morgan fingerprint density at radius 1 is 1.42 bits per heavy atom. The monoisotopic (exact) mass is 335 g/mol. The number of nitrogens with one attached hydrogen (secondary N) is 1. The number of hydrogen-bond donors (Lipinski definition) is 1. The van der Waals surface area contributed by atoms with Crippen molar-refractivity contribution in [3.63, 3.8) is 0 Å². The number of amides is 1. The standard InChI is InChI=1S/C17H25N3O4/c1-4-9-24-16-11-14(10-12(2)3)18-19(16)17(21)13-5-7-15(8-6-13)20(22)23/h5-8,12,14,16,18H,4,9-11H2,1-3H3. The molecule has 1 saturated heterocycles. The maximum atomic E-state index is 12.7. The third-order valence-corrected chi connectivity index (χ3v) is 3.91. The lowest BCUT2D eigenvalue weighted by Gasteiger charge is -2.24. The van der Waals surface area contributed by atoms with Crippen molar-refractivity contribution >= 4 is 11.6 Å². The number of rotatable bonds is 7. The summed E-state index contributed by atoms with van der Waals surface area (Å²) in [6.07, 6.45) is 2.27. The van der Waals surface area contributed by atoms with Crippen LogP contribution in [0.15, 0.2) is 24.3 Å². The quantitative estimate of drug-likeness (QED) is 0.611. The Balaban J connectivity index is 2.12. The third-order valence-electron chi connectivity index (χ3n) is 3.91. The van der Waals surface area contributed by atoms with E-state index in [0.29, 0.717) is 18.1 Å². The summed E-state index contributed by atoms with van der Waals surface area (Å²) in [7, 11) is 0. The van der Waals surface area contributed by atoms with E-state index < -0.39 is 4.92 Å². The van der Waals surface area contributed by atoms with Gasteiger partial charge in [-0.3, -0.25) is 14.9 Å². The number of nitro groups is 1. The minimum atomic E-state index is -0.478. The van der Waals surface area contributed by atoms with Crippen molar-refractivity contribution in [3.8, 4) is 0 Å². The molecule has 1 aromatic carbocycles. The van der Waals surface area contributed by atoms with Crippen molar-refractivity contribution < 1.29 is 14.5 Å². The van der Waals surface area contributed by atoms with Crippen LogP contribution in [0.3, 0.4) is 0 Å². The Kier molecular flexibility index (Phi) is 6.28. The van der Waals surface area contributed by atoms with Crippen LogP contribution >= 0.6 is 0 Å². The summed E-state index contributed by atoms with van der Waals surface area (Å²) in [5.74, 6) is 0.293. The summed E-state index contributed by atoms with van der Waals surface area (Å²) < 4.78 is 5.82. The Labute approximate surface area is 142 Å².